The number of nitrogens with one attached hydrogen (secondary N) is 2. The fraction of sp³-hybridized carbons (Fsp3) is 0.208. The number of hydrogen-bond donors (Lipinski definition) is 2. The molecule has 0 aliphatic carbocycles. The van der Waals surface area contributed by atoms with E-state index in [1.165, 1.54) is 6.07 Å². The molecular formula is C24H22FN5OS. The lowest BCUT2D eigenvalue weighted by molar-refractivity contribution is -0.116. The largest absolute Gasteiger partial charge is 0.325 e. The predicted octanol–water partition coefficient (Wildman–Crippen LogP) is 4.32. The quantitative estimate of drug-likeness (QED) is 0.477. The molecule has 1 fully saturated rings. The van der Waals surface area contributed by atoms with Crippen molar-refractivity contribution in [3.05, 3.63) is 78.4 Å². The van der Waals surface area contributed by atoms with Crippen LogP contribution < -0.4 is 5.32 Å². The number of aromatic nitrogens is 3. The summed E-state index contributed by atoms with van der Waals surface area (Å²) in [6.45, 7) is 1.92. The fourth-order valence-corrected chi connectivity index (χ4v) is 5.09. The van der Waals surface area contributed by atoms with Gasteiger partial charge in [0.2, 0.25) is 5.91 Å². The number of thioether (sulfide) groups is 1. The van der Waals surface area contributed by atoms with Crippen LogP contribution in [0, 0.1) is 5.82 Å². The molecule has 32 heavy (non-hydrogen) atoms. The third kappa shape index (κ3) is 4.37. The molecule has 1 amide bonds. The van der Waals surface area contributed by atoms with Crippen LogP contribution in [0.15, 0.2) is 67.0 Å². The molecule has 2 aromatic carbocycles. The molecule has 0 radical (unpaired) electrons. The van der Waals surface area contributed by atoms with Gasteiger partial charge in [-0.15, -0.1) is 11.8 Å². The van der Waals surface area contributed by atoms with Crippen LogP contribution in [0.4, 0.5) is 10.1 Å². The van der Waals surface area contributed by atoms with Gasteiger partial charge in [0.25, 0.3) is 0 Å². The molecule has 0 saturated carbocycles. The van der Waals surface area contributed by atoms with Crippen LogP contribution in [0.25, 0.3) is 22.2 Å². The molecule has 5 rings (SSSR count). The number of pyridine rings is 1. The second-order valence-corrected chi connectivity index (χ2v) is 9.05. The number of halogens is 1. The predicted molar refractivity (Wildman–Crippen MR) is 126 cm³/mol. The van der Waals surface area contributed by atoms with E-state index in [1.807, 2.05) is 36.4 Å². The summed E-state index contributed by atoms with van der Waals surface area (Å²) in [7, 11) is 0. The molecule has 162 valence electrons. The SMILES string of the molecule is O=C(Nc1ccc2[nH]nc(-c3ccncc3)c2c1)[C@@H]1CN(Cc2ccccc2F)CCS1. The first-order valence-corrected chi connectivity index (χ1v) is 11.5. The summed E-state index contributed by atoms with van der Waals surface area (Å²) in [5, 5.41) is 11.2. The standard InChI is InChI=1S/C24H22FN5OS/c25-20-4-2-1-3-17(20)14-30-11-12-32-22(15-30)24(31)27-18-5-6-21-19(13-18)23(29-28-21)16-7-9-26-10-8-16/h1-10,13,22H,11-12,14-15H2,(H,27,31)(H,28,29)/t22-/m0/s1. The van der Waals surface area contributed by atoms with Crippen LogP contribution in [0.2, 0.25) is 0 Å². The number of H-pyrrole nitrogens is 1. The second kappa shape index (κ2) is 9.10. The molecule has 8 heteroatoms. The number of carbonyl (C=O) groups excluding carboxylic acids is 1. The summed E-state index contributed by atoms with van der Waals surface area (Å²) in [4.78, 5) is 19.2. The van der Waals surface area contributed by atoms with Gasteiger partial charge in [-0.2, -0.15) is 5.10 Å². The zero-order valence-electron chi connectivity index (χ0n) is 17.3. The highest BCUT2D eigenvalue weighted by atomic mass is 32.2. The average Bonchev–Trinajstić information content (AvgIpc) is 3.25. The number of carbonyl (C=O) groups is 1. The van der Waals surface area contributed by atoms with Crippen LogP contribution in [0.5, 0.6) is 0 Å². The minimum absolute atomic E-state index is 0.0402. The van der Waals surface area contributed by atoms with Gasteiger partial charge in [-0.25, -0.2) is 4.39 Å². The molecule has 2 aromatic heterocycles. The van der Waals surface area contributed by atoms with Gasteiger partial charge in [0.1, 0.15) is 11.5 Å². The maximum Gasteiger partial charge on any atom is 0.238 e. The number of hydrogen-bond acceptors (Lipinski definition) is 5. The Bertz CT molecular complexity index is 1250. The van der Waals surface area contributed by atoms with Crippen LogP contribution in [0.1, 0.15) is 5.56 Å². The van der Waals surface area contributed by atoms with Gasteiger partial charge in [-0.1, -0.05) is 18.2 Å². The van der Waals surface area contributed by atoms with Gasteiger partial charge in [0.15, 0.2) is 0 Å². The normalized spacial score (nSPS) is 16.8. The summed E-state index contributed by atoms with van der Waals surface area (Å²) in [6.07, 6.45) is 3.46. The second-order valence-electron chi connectivity index (χ2n) is 7.74. The Balaban J connectivity index is 1.29. The molecule has 3 heterocycles. The van der Waals surface area contributed by atoms with Crippen molar-refractivity contribution in [1.29, 1.82) is 0 Å². The van der Waals surface area contributed by atoms with E-state index in [0.717, 1.165) is 40.1 Å². The van der Waals surface area contributed by atoms with E-state index in [1.54, 1.807) is 36.3 Å². The Morgan fingerprint density at radius 3 is 2.88 bits per heavy atom. The van der Waals surface area contributed by atoms with E-state index in [-0.39, 0.29) is 17.0 Å². The van der Waals surface area contributed by atoms with Crippen molar-refractivity contribution in [2.75, 3.05) is 24.2 Å². The lowest BCUT2D eigenvalue weighted by atomic mass is 10.1. The van der Waals surface area contributed by atoms with E-state index in [4.69, 9.17) is 0 Å². The van der Waals surface area contributed by atoms with Crippen molar-refractivity contribution in [1.82, 2.24) is 20.1 Å². The summed E-state index contributed by atoms with van der Waals surface area (Å²) in [5.41, 5.74) is 4.07. The lowest BCUT2D eigenvalue weighted by Crippen LogP contribution is -2.43. The van der Waals surface area contributed by atoms with E-state index < -0.39 is 0 Å². The molecular weight excluding hydrogens is 425 g/mol. The van der Waals surface area contributed by atoms with Crippen LogP contribution in [-0.2, 0) is 11.3 Å². The third-order valence-corrected chi connectivity index (χ3v) is 6.76. The number of aromatic amines is 1. The Hall–Kier alpha value is -3.23. The zero-order chi connectivity index (χ0) is 21.9. The van der Waals surface area contributed by atoms with Crippen LogP contribution in [0.3, 0.4) is 0 Å². The third-order valence-electron chi connectivity index (χ3n) is 5.58. The van der Waals surface area contributed by atoms with E-state index in [9.17, 15) is 9.18 Å². The van der Waals surface area contributed by atoms with Crippen molar-refractivity contribution in [2.45, 2.75) is 11.8 Å². The van der Waals surface area contributed by atoms with Crippen LogP contribution in [-0.4, -0.2) is 50.1 Å². The summed E-state index contributed by atoms with van der Waals surface area (Å²) < 4.78 is 14.0. The molecule has 1 atom stereocenters. The van der Waals surface area contributed by atoms with E-state index >= 15 is 0 Å². The van der Waals surface area contributed by atoms with Crippen molar-refractivity contribution < 1.29 is 9.18 Å². The van der Waals surface area contributed by atoms with Crippen molar-refractivity contribution in [3.8, 4) is 11.3 Å². The Morgan fingerprint density at radius 1 is 1.19 bits per heavy atom. The van der Waals surface area contributed by atoms with Gasteiger partial charge in [-0.05, 0) is 36.4 Å². The molecule has 0 bridgehead atoms. The van der Waals surface area contributed by atoms with Gasteiger partial charge in [0, 0.05) is 60.0 Å². The van der Waals surface area contributed by atoms with Crippen molar-refractivity contribution >= 4 is 34.3 Å². The summed E-state index contributed by atoms with van der Waals surface area (Å²) in [6, 6.07) is 16.4. The molecule has 1 aliphatic rings. The number of amides is 1. The van der Waals surface area contributed by atoms with Gasteiger partial charge < -0.3 is 5.32 Å². The lowest BCUT2D eigenvalue weighted by Gasteiger charge is -2.31. The Labute approximate surface area is 189 Å². The van der Waals surface area contributed by atoms with Gasteiger partial charge >= 0.3 is 0 Å². The monoisotopic (exact) mass is 447 g/mol. The first-order valence-electron chi connectivity index (χ1n) is 10.4. The smallest absolute Gasteiger partial charge is 0.238 e. The van der Waals surface area contributed by atoms with Crippen LogP contribution >= 0.6 is 11.8 Å². The summed E-state index contributed by atoms with van der Waals surface area (Å²) >= 11 is 1.64. The first kappa shape index (κ1) is 20.7. The highest BCUT2D eigenvalue weighted by Crippen LogP contribution is 2.29. The maximum atomic E-state index is 14.0. The zero-order valence-corrected chi connectivity index (χ0v) is 18.1. The molecule has 1 aliphatic heterocycles. The van der Waals surface area contributed by atoms with Crippen molar-refractivity contribution in [2.24, 2.45) is 0 Å². The molecule has 1 saturated heterocycles. The highest BCUT2D eigenvalue weighted by Gasteiger charge is 2.27. The topological polar surface area (TPSA) is 73.9 Å². The van der Waals surface area contributed by atoms with Gasteiger partial charge in [0.05, 0.1) is 10.8 Å². The fourth-order valence-electron chi connectivity index (χ4n) is 3.92. The summed E-state index contributed by atoms with van der Waals surface area (Å²) in [5.74, 6) is 0.589. The number of nitrogens with zero attached hydrogens (tertiary/aromatic N) is 3. The van der Waals surface area contributed by atoms with E-state index in [2.05, 4.69) is 25.4 Å². The Kier molecular flexibility index (Phi) is 5.87. The number of fused-ring (bicyclic) bond motifs is 1. The minimum Gasteiger partial charge on any atom is -0.325 e. The molecule has 2 N–H and O–H groups in total. The molecule has 4 aromatic rings. The van der Waals surface area contributed by atoms with E-state index in [0.29, 0.717) is 18.7 Å². The van der Waals surface area contributed by atoms with Crippen molar-refractivity contribution in [3.63, 3.8) is 0 Å². The number of benzene rings is 2. The number of rotatable bonds is 5. The maximum absolute atomic E-state index is 14.0. The minimum atomic E-state index is -0.213. The molecule has 0 spiro atoms. The highest BCUT2D eigenvalue weighted by molar-refractivity contribution is 8.00. The first-order chi connectivity index (χ1) is 15.7. The molecule has 6 nitrogen and oxygen atoms in total. The number of anilines is 1. The average molecular weight is 448 g/mol. The Morgan fingerprint density at radius 2 is 2.03 bits per heavy atom. The van der Waals surface area contributed by atoms with Gasteiger partial charge in [-0.3, -0.25) is 19.8 Å². The molecule has 0 unspecified atom stereocenters.